The third-order valence-electron chi connectivity index (χ3n) is 2.75. The molecule has 0 amide bonds. The number of nitrogens with zero attached hydrogens (tertiary/aromatic N) is 2. The molecule has 0 aliphatic heterocycles. The molecule has 0 radical (unpaired) electrons. The molecule has 0 aliphatic rings. The maximum absolute atomic E-state index is 12.0. The zero-order valence-corrected chi connectivity index (χ0v) is 13.9. The summed E-state index contributed by atoms with van der Waals surface area (Å²) in [4.78, 5) is 6.47. The van der Waals surface area contributed by atoms with Crippen LogP contribution in [0.2, 0.25) is 0 Å². The van der Waals surface area contributed by atoms with Crippen LogP contribution in [0.3, 0.4) is 0 Å². The molecule has 1 aromatic heterocycles. The Morgan fingerprint density at radius 3 is 2.52 bits per heavy atom. The van der Waals surface area contributed by atoms with Gasteiger partial charge in [0.2, 0.25) is 0 Å². The topological polar surface area (TPSA) is 71.4 Å². The Hall–Kier alpha value is -1.73. The van der Waals surface area contributed by atoms with E-state index >= 15 is 0 Å². The molecule has 2 aromatic rings. The van der Waals surface area contributed by atoms with Crippen LogP contribution in [-0.2, 0) is 10.0 Å². The van der Waals surface area contributed by atoms with Crippen LogP contribution >= 0.6 is 15.9 Å². The minimum absolute atomic E-state index is 0.176. The molecule has 0 atom stereocenters. The van der Waals surface area contributed by atoms with Crippen LogP contribution in [0.1, 0.15) is 16.7 Å². The molecule has 21 heavy (non-hydrogen) atoms. The fourth-order valence-corrected chi connectivity index (χ4v) is 2.60. The first-order valence-corrected chi connectivity index (χ1v) is 8.40. The highest BCUT2D eigenvalue weighted by Gasteiger charge is 2.11. The Morgan fingerprint density at radius 1 is 1.24 bits per heavy atom. The molecular weight excluding hydrogens is 354 g/mol. The van der Waals surface area contributed by atoms with E-state index in [0.29, 0.717) is 5.56 Å². The third kappa shape index (κ3) is 4.12. The molecular formula is C14H14BrN3O2S. The van der Waals surface area contributed by atoms with Gasteiger partial charge in [-0.1, -0.05) is 17.7 Å². The number of aryl methyl sites for hydroxylation is 2. The van der Waals surface area contributed by atoms with E-state index in [-0.39, 0.29) is 4.90 Å². The molecule has 0 fully saturated rings. The largest absolute Gasteiger partial charge is 0.276 e. The third-order valence-corrected chi connectivity index (χ3v) is 4.82. The fourth-order valence-electron chi connectivity index (χ4n) is 1.59. The first-order chi connectivity index (χ1) is 9.88. The van der Waals surface area contributed by atoms with Crippen molar-refractivity contribution >= 4 is 32.2 Å². The summed E-state index contributed by atoms with van der Waals surface area (Å²) >= 11 is 3.30. The van der Waals surface area contributed by atoms with Crippen molar-refractivity contribution in [1.82, 2.24) is 9.82 Å². The number of pyridine rings is 1. The van der Waals surface area contributed by atoms with Crippen molar-refractivity contribution in [2.75, 3.05) is 0 Å². The Morgan fingerprint density at radius 2 is 1.90 bits per heavy atom. The molecule has 0 bridgehead atoms. The van der Waals surface area contributed by atoms with E-state index in [9.17, 15) is 8.42 Å². The van der Waals surface area contributed by atoms with Crippen molar-refractivity contribution < 1.29 is 8.42 Å². The highest BCUT2D eigenvalue weighted by molar-refractivity contribution is 9.10. The molecule has 0 aliphatic carbocycles. The van der Waals surface area contributed by atoms with Gasteiger partial charge in [-0.05, 0) is 53.5 Å². The van der Waals surface area contributed by atoms with Gasteiger partial charge in [0, 0.05) is 11.8 Å². The van der Waals surface area contributed by atoms with Gasteiger partial charge >= 0.3 is 0 Å². The summed E-state index contributed by atoms with van der Waals surface area (Å²) in [5.41, 5.74) is 2.65. The highest BCUT2D eigenvalue weighted by atomic mass is 79.9. The second kappa shape index (κ2) is 6.36. The maximum Gasteiger partial charge on any atom is 0.276 e. The highest BCUT2D eigenvalue weighted by Crippen LogP contribution is 2.13. The van der Waals surface area contributed by atoms with Crippen molar-refractivity contribution in [1.29, 1.82) is 0 Å². The van der Waals surface area contributed by atoms with E-state index in [0.717, 1.165) is 15.7 Å². The van der Waals surface area contributed by atoms with E-state index in [2.05, 4.69) is 30.8 Å². The molecule has 1 aromatic carbocycles. The minimum Gasteiger partial charge on any atom is -0.248 e. The molecule has 0 saturated carbocycles. The zero-order chi connectivity index (χ0) is 15.5. The standard InChI is InChI=1S/C14H14BrN3O2S/c1-10-3-5-13(6-4-10)21(19,20)18-17-9-12-7-11(2)14(15)16-8-12/h3-9,18H,1-2H3. The SMILES string of the molecule is Cc1ccc(S(=O)(=O)NN=Cc2cnc(Br)c(C)c2)cc1. The Kier molecular flexibility index (Phi) is 4.74. The summed E-state index contributed by atoms with van der Waals surface area (Å²) in [5.74, 6) is 0. The second-order valence-corrected chi connectivity index (χ2v) is 6.95. The zero-order valence-electron chi connectivity index (χ0n) is 11.5. The van der Waals surface area contributed by atoms with Crippen molar-refractivity contribution in [3.63, 3.8) is 0 Å². The van der Waals surface area contributed by atoms with Crippen LogP contribution in [0.15, 0.2) is 51.1 Å². The number of benzene rings is 1. The number of hydrogen-bond donors (Lipinski definition) is 1. The Bertz CT molecular complexity index is 771. The molecule has 0 saturated heterocycles. The molecule has 5 nitrogen and oxygen atoms in total. The molecule has 0 spiro atoms. The van der Waals surface area contributed by atoms with E-state index in [1.165, 1.54) is 6.21 Å². The maximum atomic E-state index is 12.0. The van der Waals surface area contributed by atoms with Gasteiger partial charge in [-0.15, -0.1) is 0 Å². The quantitative estimate of drug-likeness (QED) is 0.513. The number of hydrogen-bond acceptors (Lipinski definition) is 4. The monoisotopic (exact) mass is 367 g/mol. The van der Waals surface area contributed by atoms with Crippen LogP contribution in [0.4, 0.5) is 0 Å². The van der Waals surface area contributed by atoms with Crippen molar-refractivity contribution in [3.05, 3.63) is 57.8 Å². The lowest BCUT2D eigenvalue weighted by Crippen LogP contribution is -2.18. The lowest BCUT2D eigenvalue weighted by molar-refractivity contribution is 0.584. The Labute approximate surface area is 132 Å². The molecule has 2 rings (SSSR count). The summed E-state index contributed by atoms with van der Waals surface area (Å²) < 4.78 is 24.8. The average molecular weight is 368 g/mol. The van der Waals surface area contributed by atoms with Crippen LogP contribution in [-0.4, -0.2) is 19.6 Å². The summed E-state index contributed by atoms with van der Waals surface area (Å²) in [6, 6.07) is 8.40. The van der Waals surface area contributed by atoms with Crippen molar-refractivity contribution in [2.45, 2.75) is 18.7 Å². The molecule has 110 valence electrons. The lowest BCUT2D eigenvalue weighted by Gasteiger charge is -2.03. The van der Waals surface area contributed by atoms with Gasteiger partial charge in [-0.2, -0.15) is 13.5 Å². The minimum atomic E-state index is -3.64. The van der Waals surface area contributed by atoms with Crippen LogP contribution in [0.5, 0.6) is 0 Å². The van der Waals surface area contributed by atoms with Gasteiger partial charge in [0.1, 0.15) is 4.60 Å². The normalized spacial score (nSPS) is 11.8. The molecule has 0 unspecified atom stereocenters. The van der Waals surface area contributed by atoms with Crippen molar-refractivity contribution in [3.8, 4) is 0 Å². The van der Waals surface area contributed by atoms with Crippen molar-refractivity contribution in [2.24, 2.45) is 5.10 Å². The van der Waals surface area contributed by atoms with Gasteiger partial charge in [-0.25, -0.2) is 9.82 Å². The van der Waals surface area contributed by atoms with Gasteiger partial charge in [0.05, 0.1) is 11.1 Å². The van der Waals surface area contributed by atoms with E-state index in [1.54, 1.807) is 30.5 Å². The average Bonchev–Trinajstić information content (AvgIpc) is 2.43. The smallest absolute Gasteiger partial charge is 0.248 e. The molecule has 1 heterocycles. The van der Waals surface area contributed by atoms with Gasteiger partial charge in [-0.3, -0.25) is 0 Å². The van der Waals surface area contributed by atoms with E-state index in [1.807, 2.05) is 19.9 Å². The summed E-state index contributed by atoms with van der Waals surface area (Å²) in [6.45, 7) is 3.79. The van der Waals surface area contributed by atoms with Crippen LogP contribution < -0.4 is 4.83 Å². The first-order valence-electron chi connectivity index (χ1n) is 6.12. The molecule has 1 N–H and O–H groups in total. The summed E-state index contributed by atoms with van der Waals surface area (Å²) in [7, 11) is -3.64. The predicted molar refractivity (Wildman–Crippen MR) is 85.8 cm³/mol. The van der Waals surface area contributed by atoms with E-state index < -0.39 is 10.0 Å². The number of sulfonamides is 1. The number of aromatic nitrogens is 1. The molecule has 7 heteroatoms. The van der Waals surface area contributed by atoms with Gasteiger partial charge in [0.15, 0.2) is 0 Å². The fraction of sp³-hybridized carbons (Fsp3) is 0.143. The number of halogens is 1. The predicted octanol–water partition coefficient (Wildman–Crippen LogP) is 2.77. The summed E-state index contributed by atoms with van der Waals surface area (Å²) in [5, 5.41) is 3.76. The number of nitrogens with one attached hydrogen (secondary N) is 1. The van der Waals surface area contributed by atoms with Crippen LogP contribution in [0, 0.1) is 13.8 Å². The van der Waals surface area contributed by atoms with E-state index in [4.69, 9.17) is 0 Å². The summed E-state index contributed by atoms with van der Waals surface area (Å²) in [6.07, 6.45) is 3.01. The lowest BCUT2D eigenvalue weighted by atomic mass is 10.2. The second-order valence-electron chi connectivity index (χ2n) is 4.54. The van der Waals surface area contributed by atoms with Gasteiger partial charge < -0.3 is 0 Å². The number of hydrazone groups is 1. The number of rotatable bonds is 4. The van der Waals surface area contributed by atoms with Gasteiger partial charge in [0.25, 0.3) is 10.0 Å². The Balaban J connectivity index is 2.12. The first kappa shape index (κ1) is 15.7. The van der Waals surface area contributed by atoms with Crippen LogP contribution in [0.25, 0.3) is 0 Å².